The van der Waals surface area contributed by atoms with E-state index in [1.807, 2.05) is 12.1 Å². The van der Waals surface area contributed by atoms with E-state index < -0.39 is 28.0 Å². The summed E-state index contributed by atoms with van der Waals surface area (Å²) in [5.41, 5.74) is 1.05. The molecule has 0 spiro atoms. The van der Waals surface area contributed by atoms with Crippen LogP contribution in [0.25, 0.3) is 0 Å². The van der Waals surface area contributed by atoms with Gasteiger partial charge < -0.3 is 19.7 Å². The predicted molar refractivity (Wildman–Crippen MR) is 136 cm³/mol. The Balaban J connectivity index is 1.84. The fraction of sp³-hybridized carbons (Fsp3) is 0.375. The molecule has 0 atom stereocenters. The number of anilines is 1. The Kier molecular flexibility index (Phi) is 9.41. The highest BCUT2D eigenvalue weighted by atomic mass is 32.2. The van der Waals surface area contributed by atoms with E-state index in [9.17, 15) is 22.8 Å². The number of nitrogens with one attached hydrogen (secondary N) is 1. The number of esters is 1. The molecule has 14 heteroatoms. The van der Waals surface area contributed by atoms with Gasteiger partial charge in [-0.3, -0.25) is 4.79 Å². The Morgan fingerprint density at radius 3 is 2.26 bits per heavy atom. The molecule has 0 bridgehead atoms. The number of methoxy groups -OCH3 is 2. The van der Waals surface area contributed by atoms with Gasteiger partial charge in [-0.2, -0.15) is 14.8 Å². The van der Waals surface area contributed by atoms with Crippen molar-refractivity contribution in [2.45, 2.75) is 30.7 Å². The van der Waals surface area contributed by atoms with Crippen molar-refractivity contribution >= 4 is 44.3 Å². The molecule has 0 fully saturated rings. The number of rotatable bonds is 9. The molecular weight excluding hydrogens is 534 g/mol. The van der Waals surface area contributed by atoms with E-state index in [1.165, 1.54) is 43.4 Å². The average Bonchev–Trinajstić information content (AvgIpc) is 3.28. The minimum absolute atomic E-state index is 0.0319. The van der Waals surface area contributed by atoms with Gasteiger partial charge in [0.25, 0.3) is 5.91 Å². The van der Waals surface area contributed by atoms with Crippen LogP contribution in [0.2, 0.25) is 0 Å². The molecule has 1 aromatic carbocycles. The van der Waals surface area contributed by atoms with Crippen molar-refractivity contribution in [2.75, 3.05) is 39.2 Å². The maximum Gasteiger partial charge on any atom is 0.409 e. The topological polar surface area (TPSA) is 170 Å². The second-order valence-electron chi connectivity index (χ2n) is 8.04. The van der Waals surface area contributed by atoms with Crippen LogP contribution in [0.3, 0.4) is 0 Å². The molecule has 2 heterocycles. The molecule has 0 aliphatic carbocycles. The molecule has 0 radical (unpaired) electrons. The first-order chi connectivity index (χ1) is 18.2. The van der Waals surface area contributed by atoms with Gasteiger partial charge in [-0.25, -0.2) is 18.0 Å². The highest BCUT2D eigenvalue weighted by molar-refractivity contribution is 7.89. The van der Waals surface area contributed by atoms with Crippen molar-refractivity contribution in [1.29, 1.82) is 10.5 Å². The van der Waals surface area contributed by atoms with Crippen LogP contribution in [0.15, 0.2) is 29.2 Å². The zero-order valence-electron chi connectivity index (χ0n) is 20.7. The normalized spacial score (nSPS) is 12.7. The number of benzene rings is 1. The summed E-state index contributed by atoms with van der Waals surface area (Å²) in [4.78, 5) is 39.6. The highest BCUT2D eigenvalue weighted by Gasteiger charge is 2.31. The molecule has 0 saturated heterocycles. The van der Waals surface area contributed by atoms with E-state index in [0.29, 0.717) is 23.4 Å². The van der Waals surface area contributed by atoms with Crippen LogP contribution in [0.1, 0.15) is 44.0 Å². The molecule has 200 valence electrons. The summed E-state index contributed by atoms with van der Waals surface area (Å²) in [6, 6.07) is 8.99. The van der Waals surface area contributed by atoms with Gasteiger partial charge in [0.1, 0.15) is 5.00 Å². The van der Waals surface area contributed by atoms with E-state index in [1.54, 1.807) is 0 Å². The van der Waals surface area contributed by atoms with Gasteiger partial charge in [-0.1, -0.05) is 0 Å². The largest absolute Gasteiger partial charge is 0.465 e. The maximum atomic E-state index is 13.0. The quantitative estimate of drug-likeness (QED) is 0.454. The van der Waals surface area contributed by atoms with Crippen molar-refractivity contribution in [2.24, 2.45) is 0 Å². The van der Waals surface area contributed by atoms with E-state index in [-0.39, 0.29) is 53.5 Å². The minimum Gasteiger partial charge on any atom is -0.465 e. The van der Waals surface area contributed by atoms with Crippen LogP contribution in [-0.2, 0) is 32.5 Å². The van der Waals surface area contributed by atoms with Crippen LogP contribution in [-0.4, -0.2) is 69.4 Å². The van der Waals surface area contributed by atoms with E-state index >= 15 is 0 Å². The first-order valence-electron chi connectivity index (χ1n) is 11.4. The summed E-state index contributed by atoms with van der Waals surface area (Å²) in [5, 5.41) is 20.6. The Hall–Kier alpha value is -3.98. The van der Waals surface area contributed by atoms with Crippen LogP contribution >= 0.6 is 11.3 Å². The monoisotopic (exact) mass is 559 g/mol. The lowest BCUT2D eigenvalue weighted by Crippen LogP contribution is -2.35. The summed E-state index contributed by atoms with van der Waals surface area (Å²) >= 11 is 1.15. The van der Waals surface area contributed by atoms with Crippen molar-refractivity contribution < 1.29 is 32.3 Å². The summed E-state index contributed by atoms with van der Waals surface area (Å²) in [5.74, 6) is -1.20. The summed E-state index contributed by atoms with van der Waals surface area (Å²) < 4.78 is 36.7. The molecule has 0 unspecified atom stereocenters. The number of nitrogens with zero attached hydrogens (tertiary/aromatic N) is 4. The highest BCUT2D eigenvalue weighted by Crippen LogP contribution is 2.38. The summed E-state index contributed by atoms with van der Waals surface area (Å²) in [6.07, 6.45) is -0.184. The smallest absolute Gasteiger partial charge is 0.409 e. The number of thiophene rings is 1. The summed E-state index contributed by atoms with van der Waals surface area (Å²) in [6.45, 7) is 0.432. The van der Waals surface area contributed by atoms with Crippen molar-refractivity contribution in [1.82, 2.24) is 9.21 Å². The summed E-state index contributed by atoms with van der Waals surface area (Å²) in [7, 11) is -1.47. The number of fused-ring (bicyclic) bond motifs is 1. The average molecular weight is 560 g/mol. The molecule has 2 amide bonds. The van der Waals surface area contributed by atoms with Crippen molar-refractivity contribution in [3.8, 4) is 12.1 Å². The Morgan fingerprint density at radius 1 is 1.08 bits per heavy atom. The number of hydrogen-bond donors (Lipinski definition) is 1. The van der Waals surface area contributed by atoms with Crippen molar-refractivity contribution in [3.63, 3.8) is 0 Å². The van der Waals surface area contributed by atoms with Gasteiger partial charge in [0.05, 0.1) is 43.4 Å². The third kappa shape index (κ3) is 6.11. The van der Waals surface area contributed by atoms with Gasteiger partial charge in [-0.15, -0.1) is 11.3 Å². The number of hydrogen-bond acceptors (Lipinski definition) is 10. The van der Waals surface area contributed by atoms with Crippen LogP contribution in [0.4, 0.5) is 9.80 Å². The number of ether oxygens (including phenoxy) is 2. The molecule has 38 heavy (non-hydrogen) atoms. The van der Waals surface area contributed by atoms with Crippen molar-refractivity contribution in [3.05, 3.63) is 45.8 Å². The van der Waals surface area contributed by atoms with Gasteiger partial charge in [0, 0.05) is 42.9 Å². The zero-order chi connectivity index (χ0) is 27.9. The molecule has 1 N–H and O–H groups in total. The number of nitriles is 2. The minimum atomic E-state index is -3.99. The van der Waals surface area contributed by atoms with E-state index in [0.717, 1.165) is 15.6 Å². The van der Waals surface area contributed by atoms with E-state index in [4.69, 9.17) is 20.0 Å². The van der Waals surface area contributed by atoms with Crippen LogP contribution in [0.5, 0.6) is 0 Å². The lowest BCUT2D eigenvalue weighted by atomic mass is 10.0. The number of carbonyl (C=O) groups excluding carboxylic acids is 3. The Labute approximate surface area is 224 Å². The Morgan fingerprint density at radius 2 is 1.71 bits per heavy atom. The predicted octanol–water partition coefficient (Wildman–Crippen LogP) is 2.73. The third-order valence-corrected chi connectivity index (χ3v) is 8.85. The zero-order valence-corrected chi connectivity index (χ0v) is 22.4. The second-order valence-corrected chi connectivity index (χ2v) is 11.1. The van der Waals surface area contributed by atoms with Gasteiger partial charge in [0.2, 0.25) is 10.0 Å². The van der Waals surface area contributed by atoms with Gasteiger partial charge in [-0.05, 0) is 36.2 Å². The van der Waals surface area contributed by atoms with Gasteiger partial charge in [0.15, 0.2) is 0 Å². The third-order valence-electron chi connectivity index (χ3n) is 5.81. The number of carbonyl (C=O) groups is 3. The second kappa shape index (κ2) is 12.5. The first-order valence-corrected chi connectivity index (χ1v) is 13.6. The fourth-order valence-electron chi connectivity index (χ4n) is 3.90. The lowest BCUT2D eigenvalue weighted by Gasteiger charge is -2.25. The molecular formula is C24H25N5O7S2. The number of amides is 2. The van der Waals surface area contributed by atoms with Crippen LogP contribution < -0.4 is 5.32 Å². The fourth-order valence-corrected chi connectivity index (χ4v) is 6.59. The molecule has 1 aliphatic rings. The van der Waals surface area contributed by atoms with Crippen LogP contribution in [0, 0.1) is 22.7 Å². The standard InChI is InChI=1S/C24H25N5O7S2/c1-35-23(31)20-18-9-14-28(24(32)36-2)15-19(18)37-22(20)27-21(30)16-5-7-17(8-6-16)38(33,34)29(12-3-10-25)13-4-11-26/h5-8H,3-4,9,12-15H2,1-2H3,(H,27,30). The molecule has 1 aliphatic heterocycles. The Bertz CT molecular complexity index is 1390. The molecule has 3 rings (SSSR count). The number of sulfonamides is 1. The molecule has 0 saturated carbocycles. The molecule has 2 aromatic rings. The lowest BCUT2D eigenvalue weighted by molar-refractivity contribution is 0.0600. The van der Waals surface area contributed by atoms with Gasteiger partial charge >= 0.3 is 12.1 Å². The molecule has 12 nitrogen and oxygen atoms in total. The first kappa shape index (κ1) is 28.6. The SMILES string of the molecule is COC(=O)c1c(NC(=O)c2ccc(S(=O)(=O)N(CCC#N)CCC#N)cc2)sc2c1CCN(C(=O)OC)C2. The molecule has 1 aromatic heterocycles. The van der Waals surface area contributed by atoms with E-state index in [2.05, 4.69) is 5.32 Å². The maximum absolute atomic E-state index is 13.0.